The molecule has 1 saturated heterocycles. The van der Waals surface area contributed by atoms with E-state index in [4.69, 9.17) is 10.5 Å². The maximum absolute atomic E-state index is 5.90. The third-order valence-electron chi connectivity index (χ3n) is 4.32. The van der Waals surface area contributed by atoms with E-state index in [1.54, 1.807) is 0 Å². The van der Waals surface area contributed by atoms with E-state index in [9.17, 15) is 0 Å². The van der Waals surface area contributed by atoms with Crippen molar-refractivity contribution < 1.29 is 4.74 Å². The number of nitrogens with one attached hydrogen (secondary N) is 1. The van der Waals surface area contributed by atoms with Crippen LogP contribution < -0.4 is 11.1 Å². The second-order valence-electron chi connectivity index (χ2n) is 5.76. The lowest BCUT2D eigenvalue weighted by Gasteiger charge is -2.27. The molecule has 0 aromatic heterocycles. The van der Waals surface area contributed by atoms with Gasteiger partial charge in [0.1, 0.15) is 0 Å². The van der Waals surface area contributed by atoms with Crippen LogP contribution in [0.15, 0.2) is 4.99 Å². The standard InChI is InChI=1S/C14H27N3O/c1-11-5-2-3-6-12(11)9-16-14(15)17-10-13-7-4-8-18-13/h11-13H,2-10H2,1H3,(H3,15,16,17). The molecule has 1 aliphatic heterocycles. The molecule has 4 nitrogen and oxygen atoms in total. The molecule has 4 heteroatoms. The van der Waals surface area contributed by atoms with E-state index < -0.39 is 0 Å². The molecule has 3 N–H and O–H groups in total. The molecule has 18 heavy (non-hydrogen) atoms. The van der Waals surface area contributed by atoms with Crippen molar-refractivity contribution in [3.8, 4) is 0 Å². The van der Waals surface area contributed by atoms with Gasteiger partial charge in [0, 0.05) is 19.7 Å². The van der Waals surface area contributed by atoms with Crippen LogP contribution in [0.1, 0.15) is 45.4 Å². The van der Waals surface area contributed by atoms with Crippen molar-refractivity contribution in [1.29, 1.82) is 0 Å². The largest absolute Gasteiger partial charge is 0.376 e. The molecule has 3 unspecified atom stereocenters. The highest BCUT2D eigenvalue weighted by molar-refractivity contribution is 5.77. The summed E-state index contributed by atoms with van der Waals surface area (Å²) < 4.78 is 5.54. The van der Waals surface area contributed by atoms with Crippen LogP contribution in [0.4, 0.5) is 0 Å². The third kappa shape index (κ3) is 4.16. The van der Waals surface area contributed by atoms with Gasteiger partial charge in [-0.2, -0.15) is 0 Å². The average Bonchev–Trinajstić information content (AvgIpc) is 2.88. The molecule has 2 aliphatic rings. The number of hydrogen-bond acceptors (Lipinski definition) is 2. The SMILES string of the molecule is CC1CCCCC1CN=C(N)NCC1CCCO1. The first-order valence-electron chi connectivity index (χ1n) is 7.41. The smallest absolute Gasteiger partial charge is 0.188 e. The Morgan fingerprint density at radius 3 is 2.83 bits per heavy atom. The number of rotatable bonds is 4. The Kier molecular flexibility index (Phi) is 5.29. The number of ether oxygens (including phenoxy) is 1. The van der Waals surface area contributed by atoms with Crippen molar-refractivity contribution in [2.75, 3.05) is 19.7 Å². The third-order valence-corrected chi connectivity index (χ3v) is 4.32. The van der Waals surface area contributed by atoms with Crippen LogP contribution in [0, 0.1) is 11.8 Å². The summed E-state index contributed by atoms with van der Waals surface area (Å²) >= 11 is 0. The highest BCUT2D eigenvalue weighted by Gasteiger charge is 2.21. The monoisotopic (exact) mass is 253 g/mol. The van der Waals surface area contributed by atoms with Crippen molar-refractivity contribution in [2.45, 2.75) is 51.6 Å². The number of guanidine groups is 1. The van der Waals surface area contributed by atoms with Gasteiger partial charge in [0.2, 0.25) is 0 Å². The molecular formula is C14H27N3O. The van der Waals surface area contributed by atoms with Gasteiger partial charge in [0.25, 0.3) is 0 Å². The minimum atomic E-state index is 0.326. The Labute approximate surface area is 110 Å². The van der Waals surface area contributed by atoms with Crippen LogP contribution in [0.2, 0.25) is 0 Å². The van der Waals surface area contributed by atoms with Crippen LogP contribution in [0.5, 0.6) is 0 Å². The first kappa shape index (κ1) is 13.7. The van der Waals surface area contributed by atoms with Crippen LogP contribution in [-0.2, 0) is 4.74 Å². The van der Waals surface area contributed by atoms with Gasteiger partial charge in [0.05, 0.1) is 6.10 Å². The Balaban J connectivity index is 1.67. The number of nitrogens with two attached hydrogens (primary N) is 1. The lowest BCUT2D eigenvalue weighted by molar-refractivity contribution is 0.114. The molecule has 3 atom stereocenters. The van der Waals surface area contributed by atoms with Gasteiger partial charge in [-0.25, -0.2) is 0 Å². The van der Waals surface area contributed by atoms with E-state index in [2.05, 4.69) is 17.2 Å². The Bertz CT molecular complexity index is 274. The van der Waals surface area contributed by atoms with Crippen molar-refractivity contribution in [2.24, 2.45) is 22.6 Å². The van der Waals surface area contributed by atoms with Gasteiger partial charge in [0.15, 0.2) is 5.96 Å². The van der Waals surface area contributed by atoms with Gasteiger partial charge >= 0.3 is 0 Å². The van der Waals surface area contributed by atoms with E-state index in [-0.39, 0.29) is 0 Å². The summed E-state index contributed by atoms with van der Waals surface area (Å²) in [6.45, 7) is 4.92. The molecule has 1 heterocycles. The molecule has 2 rings (SSSR count). The fourth-order valence-electron chi connectivity index (χ4n) is 2.96. The minimum absolute atomic E-state index is 0.326. The molecule has 0 radical (unpaired) electrons. The fourth-order valence-corrected chi connectivity index (χ4v) is 2.96. The Morgan fingerprint density at radius 1 is 1.28 bits per heavy atom. The van der Waals surface area contributed by atoms with Crippen LogP contribution in [0.3, 0.4) is 0 Å². The maximum atomic E-state index is 5.90. The summed E-state index contributed by atoms with van der Waals surface area (Å²) in [5.74, 6) is 2.11. The fraction of sp³-hybridized carbons (Fsp3) is 0.929. The zero-order valence-electron chi connectivity index (χ0n) is 11.5. The van der Waals surface area contributed by atoms with Crippen LogP contribution in [-0.4, -0.2) is 31.8 Å². The normalized spacial score (nSPS) is 33.6. The van der Waals surface area contributed by atoms with Gasteiger partial charge in [-0.15, -0.1) is 0 Å². The lowest BCUT2D eigenvalue weighted by atomic mass is 9.80. The molecule has 1 aliphatic carbocycles. The summed E-state index contributed by atoms with van der Waals surface area (Å²) in [6.07, 6.45) is 8.03. The van der Waals surface area contributed by atoms with E-state index in [1.807, 2.05) is 0 Å². The van der Waals surface area contributed by atoms with E-state index in [1.165, 1.54) is 32.1 Å². The molecule has 0 spiro atoms. The van der Waals surface area contributed by atoms with Gasteiger partial charge in [-0.05, 0) is 31.1 Å². The molecule has 1 saturated carbocycles. The van der Waals surface area contributed by atoms with Gasteiger partial charge in [-0.3, -0.25) is 4.99 Å². The highest BCUT2D eigenvalue weighted by atomic mass is 16.5. The van der Waals surface area contributed by atoms with E-state index in [0.717, 1.165) is 38.0 Å². The summed E-state index contributed by atoms with van der Waals surface area (Å²) in [6, 6.07) is 0. The van der Waals surface area contributed by atoms with Gasteiger partial charge in [-0.1, -0.05) is 26.2 Å². The summed E-state index contributed by atoms with van der Waals surface area (Å²) in [5, 5.41) is 3.18. The Hall–Kier alpha value is -0.770. The van der Waals surface area contributed by atoms with E-state index >= 15 is 0 Å². The first-order valence-corrected chi connectivity index (χ1v) is 7.41. The lowest BCUT2D eigenvalue weighted by Crippen LogP contribution is -2.37. The van der Waals surface area contributed by atoms with Gasteiger partial charge < -0.3 is 15.8 Å². The minimum Gasteiger partial charge on any atom is -0.376 e. The predicted molar refractivity (Wildman–Crippen MR) is 74.6 cm³/mol. The van der Waals surface area contributed by atoms with Crippen molar-refractivity contribution >= 4 is 5.96 Å². The summed E-state index contributed by atoms with van der Waals surface area (Å²) in [4.78, 5) is 4.49. The van der Waals surface area contributed by atoms with Crippen LogP contribution >= 0.6 is 0 Å². The molecule has 104 valence electrons. The quantitative estimate of drug-likeness (QED) is 0.594. The summed E-state index contributed by atoms with van der Waals surface area (Å²) in [7, 11) is 0. The highest BCUT2D eigenvalue weighted by Crippen LogP contribution is 2.29. The van der Waals surface area contributed by atoms with Crippen molar-refractivity contribution in [1.82, 2.24) is 5.32 Å². The molecule has 2 fully saturated rings. The van der Waals surface area contributed by atoms with Crippen molar-refractivity contribution in [3.05, 3.63) is 0 Å². The molecular weight excluding hydrogens is 226 g/mol. The summed E-state index contributed by atoms with van der Waals surface area (Å²) in [5.41, 5.74) is 5.90. The molecule has 0 aromatic carbocycles. The number of nitrogens with zero attached hydrogens (tertiary/aromatic N) is 1. The zero-order valence-corrected chi connectivity index (χ0v) is 11.5. The second-order valence-corrected chi connectivity index (χ2v) is 5.76. The zero-order chi connectivity index (χ0) is 12.8. The van der Waals surface area contributed by atoms with E-state index in [0.29, 0.717) is 12.1 Å². The first-order chi connectivity index (χ1) is 8.75. The molecule has 0 aromatic rings. The average molecular weight is 253 g/mol. The molecule has 0 bridgehead atoms. The van der Waals surface area contributed by atoms with Crippen LogP contribution in [0.25, 0.3) is 0 Å². The molecule has 0 amide bonds. The van der Waals surface area contributed by atoms with Crippen molar-refractivity contribution in [3.63, 3.8) is 0 Å². The Morgan fingerprint density at radius 2 is 2.11 bits per heavy atom. The second kappa shape index (κ2) is 6.98. The number of hydrogen-bond donors (Lipinski definition) is 2. The predicted octanol–water partition coefficient (Wildman–Crippen LogP) is 1.90. The maximum Gasteiger partial charge on any atom is 0.188 e. The topological polar surface area (TPSA) is 59.6 Å². The number of aliphatic imine (C=N–C) groups is 1.